The van der Waals surface area contributed by atoms with Gasteiger partial charge in [-0.15, -0.1) is 0 Å². The van der Waals surface area contributed by atoms with Crippen LogP contribution in [0, 0.1) is 0 Å². The molecule has 1 aliphatic heterocycles. The zero-order valence-electron chi connectivity index (χ0n) is 12.2. The van der Waals surface area contributed by atoms with Crippen LogP contribution in [-0.4, -0.2) is 32.1 Å². The minimum absolute atomic E-state index is 0.0626. The molecule has 110 valence electrons. The fourth-order valence-electron chi connectivity index (χ4n) is 2.44. The Labute approximate surface area is 120 Å². The lowest BCUT2D eigenvalue weighted by molar-refractivity contribution is -0.123. The molecule has 20 heavy (non-hydrogen) atoms. The first-order valence-corrected chi connectivity index (χ1v) is 7.49. The summed E-state index contributed by atoms with van der Waals surface area (Å²) in [5.41, 5.74) is 1.35. The second kappa shape index (κ2) is 7.90. The average molecular weight is 276 g/mol. The van der Waals surface area contributed by atoms with Gasteiger partial charge in [-0.05, 0) is 49.4 Å². The van der Waals surface area contributed by atoms with Gasteiger partial charge < -0.3 is 15.4 Å². The van der Waals surface area contributed by atoms with E-state index in [2.05, 4.69) is 22.8 Å². The molecule has 1 unspecified atom stereocenters. The molecule has 1 fully saturated rings. The van der Waals surface area contributed by atoms with E-state index in [-0.39, 0.29) is 12.5 Å². The third kappa shape index (κ3) is 4.53. The first-order valence-electron chi connectivity index (χ1n) is 7.49. The monoisotopic (exact) mass is 276 g/mol. The summed E-state index contributed by atoms with van der Waals surface area (Å²) in [5.74, 6) is 1.29. The van der Waals surface area contributed by atoms with Gasteiger partial charge in [0.2, 0.25) is 0 Å². The molecule has 1 amide bonds. The Morgan fingerprint density at radius 1 is 1.40 bits per heavy atom. The highest BCUT2D eigenvalue weighted by atomic mass is 16.5. The molecule has 0 saturated carbocycles. The largest absolute Gasteiger partial charge is 0.484 e. The summed E-state index contributed by atoms with van der Waals surface area (Å²) >= 11 is 0. The van der Waals surface area contributed by atoms with Crippen LogP contribution in [0.15, 0.2) is 24.3 Å². The molecular formula is C16H24N2O2. The summed E-state index contributed by atoms with van der Waals surface area (Å²) < 4.78 is 5.48. The van der Waals surface area contributed by atoms with Gasteiger partial charge in [-0.3, -0.25) is 4.79 Å². The van der Waals surface area contributed by atoms with Gasteiger partial charge >= 0.3 is 0 Å². The number of piperidine rings is 1. The van der Waals surface area contributed by atoms with Crippen LogP contribution in [0.3, 0.4) is 0 Å². The number of amides is 1. The predicted octanol–water partition coefficient (Wildman–Crippen LogP) is 2.06. The Bertz CT molecular complexity index is 411. The first kappa shape index (κ1) is 14.9. The van der Waals surface area contributed by atoms with Gasteiger partial charge in [0, 0.05) is 13.1 Å². The smallest absolute Gasteiger partial charge is 0.257 e. The molecule has 0 spiro atoms. The molecular weight excluding hydrogens is 252 g/mol. The van der Waals surface area contributed by atoms with Gasteiger partial charge in [-0.25, -0.2) is 0 Å². The molecule has 2 rings (SSSR count). The summed E-state index contributed by atoms with van der Waals surface area (Å²) in [7, 11) is 0. The maximum atomic E-state index is 11.4. The minimum atomic E-state index is -0.0626. The number of nitrogens with one attached hydrogen (secondary N) is 2. The Morgan fingerprint density at radius 2 is 2.20 bits per heavy atom. The van der Waals surface area contributed by atoms with Crippen LogP contribution in [0.5, 0.6) is 5.75 Å². The van der Waals surface area contributed by atoms with Gasteiger partial charge in [0.25, 0.3) is 5.91 Å². The Balaban J connectivity index is 1.80. The van der Waals surface area contributed by atoms with Crippen LogP contribution >= 0.6 is 0 Å². The summed E-state index contributed by atoms with van der Waals surface area (Å²) in [4.78, 5) is 11.4. The molecule has 1 atom stereocenters. The Hall–Kier alpha value is -1.55. The molecule has 1 aromatic carbocycles. The summed E-state index contributed by atoms with van der Waals surface area (Å²) in [5, 5.41) is 6.22. The molecule has 1 aromatic rings. The minimum Gasteiger partial charge on any atom is -0.484 e. The Morgan fingerprint density at radius 3 is 2.85 bits per heavy atom. The van der Waals surface area contributed by atoms with Crippen molar-refractivity contribution in [3.8, 4) is 5.75 Å². The molecule has 1 aliphatic rings. The summed E-state index contributed by atoms with van der Waals surface area (Å²) in [6, 6.07) is 8.13. The van der Waals surface area contributed by atoms with Crippen LogP contribution in [0.4, 0.5) is 0 Å². The van der Waals surface area contributed by atoms with E-state index in [9.17, 15) is 4.79 Å². The second-order valence-electron chi connectivity index (χ2n) is 5.25. The Kier molecular flexibility index (Phi) is 5.87. The van der Waals surface area contributed by atoms with Crippen molar-refractivity contribution >= 4 is 5.91 Å². The number of rotatable bonds is 6. The van der Waals surface area contributed by atoms with Crippen LogP contribution in [-0.2, 0) is 4.79 Å². The standard InChI is InChI=1S/C16H24N2O2/c1-2-9-18-16(19)12-20-15-7-5-13(6-8-15)14-4-3-10-17-11-14/h5-8,14,17H,2-4,9-12H2,1H3,(H,18,19). The van der Waals surface area contributed by atoms with Crippen LogP contribution in [0.2, 0.25) is 0 Å². The number of benzene rings is 1. The van der Waals surface area contributed by atoms with Crippen molar-refractivity contribution in [3.63, 3.8) is 0 Å². The van der Waals surface area contributed by atoms with Gasteiger partial charge in [0.05, 0.1) is 0 Å². The maximum Gasteiger partial charge on any atom is 0.257 e. The predicted molar refractivity (Wildman–Crippen MR) is 80.1 cm³/mol. The summed E-state index contributed by atoms with van der Waals surface area (Å²) in [6.45, 7) is 5.00. The van der Waals surface area contributed by atoms with E-state index in [4.69, 9.17) is 4.74 Å². The average Bonchev–Trinajstić information content (AvgIpc) is 2.52. The van der Waals surface area contributed by atoms with Crippen molar-refractivity contribution in [3.05, 3.63) is 29.8 Å². The summed E-state index contributed by atoms with van der Waals surface area (Å²) in [6.07, 6.45) is 3.42. The van der Waals surface area contributed by atoms with E-state index in [1.54, 1.807) is 0 Å². The van der Waals surface area contributed by atoms with E-state index < -0.39 is 0 Å². The van der Waals surface area contributed by atoms with Crippen molar-refractivity contribution < 1.29 is 9.53 Å². The number of hydrogen-bond acceptors (Lipinski definition) is 3. The lowest BCUT2D eigenvalue weighted by atomic mass is 9.92. The van der Waals surface area contributed by atoms with E-state index in [1.807, 2.05) is 19.1 Å². The molecule has 1 saturated heterocycles. The quantitative estimate of drug-likeness (QED) is 0.836. The zero-order chi connectivity index (χ0) is 14.2. The van der Waals surface area contributed by atoms with Crippen LogP contribution < -0.4 is 15.4 Å². The van der Waals surface area contributed by atoms with Gasteiger partial charge in [0.15, 0.2) is 6.61 Å². The SMILES string of the molecule is CCCNC(=O)COc1ccc(C2CCCNC2)cc1. The zero-order valence-corrected chi connectivity index (χ0v) is 12.2. The molecule has 4 nitrogen and oxygen atoms in total. The van der Waals surface area contributed by atoms with Gasteiger partial charge in [-0.1, -0.05) is 19.1 Å². The van der Waals surface area contributed by atoms with E-state index in [0.717, 1.165) is 25.3 Å². The van der Waals surface area contributed by atoms with Gasteiger partial charge in [-0.2, -0.15) is 0 Å². The van der Waals surface area contributed by atoms with Crippen LogP contribution in [0.25, 0.3) is 0 Å². The number of carbonyl (C=O) groups is 1. The highest BCUT2D eigenvalue weighted by molar-refractivity contribution is 5.77. The lowest BCUT2D eigenvalue weighted by Gasteiger charge is -2.23. The number of ether oxygens (including phenoxy) is 1. The molecule has 1 heterocycles. The van der Waals surface area contributed by atoms with E-state index in [1.165, 1.54) is 18.4 Å². The molecule has 0 aliphatic carbocycles. The van der Waals surface area contributed by atoms with Crippen molar-refractivity contribution in [2.75, 3.05) is 26.2 Å². The highest BCUT2D eigenvalue weighted by Gasteiger charge is 2.14. The van der Waals surface area contributed by atoms with Crippen molar-refractivity contribution in [1.29, 1.82) is 0 Å². The number of hydrogen-bond donors (Lipinski definition) is 2. The normalized spacial score (nSPS) is 18.6. The maximum absolute atomic E-state index is 11.4. The van der Waals surface area contributed by atoms with Crippen molar-refractivity contribution in [2.24, 2.45) is 0 Å². The molecule has 0 bridgehead atoms. The molecule has 0 aromatic heterocycles. The topological polar surface area (TPSA) is 50.4 Å². The fraction of sp³-hybridized carbons (Fsp3) is 0.562. The first-order chi connectivity index (χ1) is 9.79. The third-order valence-corrected chi connectivity index (χ3v) is 3.59. The van der Waals surface area contributed by atoms with Crippen molar-refractivity contribution in [1.82, 2.24) is 10.6 Å². The van der Waals surface area contributed by atoms with Gasteiger partial charge in [0.1, 0.15) is 5.75 Å². The highest BCUT2D eigenvalue weighted by Crippen LogP contribution is 2.24. The van der Waals surface area contributed by atoms with Crippen molar-refractivity contribution in [2.45, 2.75) is 32.1 Å². The second-order valence-corrected chi connectivity index (χ2v) is 5.25. The van der Waals surface area contributed by atoms with E-state index >= 15 is 0 Å². The molecule has 4 heteroatoms. The van der Waals surface area contributed by atoms with Crippen LogP contribution in [0.1, 0.15) is 37.7 Å². The fourth-order valence-corrected chi connectivity index (χ4v) is 2.44. The van der Waals surface area contributed by atoms with E-state index in [0.29, 0.717) is 12.5 Å². The third-order valence-electron chi connectivity index (χ3n) is 3.59. The molecule has 0 radical (unpaired) electrons. The lowest BCUT2D eigenvalue weighted by Crippen LogP contribution is -2.29. The molecule has 2 N–H and O–H groups in total. The number of carbonyl (C=O) groups excluding carboxylic acids is 1.